The maximum atomic E-state index is 12.5. The van der Waals surface area contributed by atoms with E-state index in [9.17, 15) is 13.2 Å². The molecular formula is C17H18Cl2N6O3S. The molecule has 0 spiro atoms. The molecule has 0 radical (unpaired) electrons. The maximum Gasteiger partial charge on any atom is 0.252 e. The molecule has 0 unspecified atom stereocenters. The Balaban J connectivity index is 1.65. The average molecular weight is 457 g/mol. The van der Waals surface area contributed by atoms with E-state index in [-0.39, 0.29) is 44.5 Å². The third-order valence-corrected chi connectivity index (χ3v) is 6.62. The Kier molecular flexibility index (Phi) is 6.33. The number of carbonyl (C=O) groups excluding carboxylic acids is 1. The second-order valence-corrected chi connectivity index (χ2v) is 9.09. The summed E-state index contributed by atoms with van der Waals surface area (Å²) in [5.41, 5.74) is 6.46. The van der Waals surface area contributed by atoms with Crippen molar-refractivity contribution >= 4 is 45.0 Å². The lowest BCUT2D eigenvalue weighted by Gasteiger charge is -2.12. The summed E-state index contributed by atoms with van der Waals surface area (Å²) < 4.78 is 27.4. The zero-order valence-corrected chi connectivity index (χ0v) is 17.5. The predicted octanol–water partition coefficient (Wildman–Crippen LogP) is 1.97. The summed E-state index contributed by atoms with van der Waals surface area (Å²) in [6, 6.07) is 4.29. The van der Waals surface area contributed by atoms with Crippen molar-refractivity contribution in [1.29, 1.82) is 5.26 Å². The highest BCUT2D eigenvalue weighted by Gasteiger charge is 2.30. The summed E-state index contributed by atoms with van der Waals surface area (Å²) in [5.74, 6) is -0.396. The zero-order valence-electron chi connectivity index (χ0n) is 15.1. The molecule has 5 N–H and O–H groups in total. The molecule has 0 atom stereocenters. The Morgan fingerprint density at radius 3 is 2.72 bits per heavy atom. The number of anilines is 1. The third-order valence-electron chi connectivity index (χ3n) is 4.33. The number of nitrogen functional groups attached to an aromatic ring is 1. The molecule has 1 aliphatic carbocycles. The highest BCUT2D eigenvalue weighted by Crippen LogP contribution is 2.30. The molecular weight excluding hydrogens is 439 g/mol. The van der Waals surface area contributed by atoms with Gasteiger partial charge in [-0.3, -0.25) is 9.89 Å². The van der Waals surface area contributed by atoms with Gasteiger partial charge in [-0.15, -0.1) is 0 Å². The molecule has 1 saturated carbocycles. The second-order valence-electron chi connectivity index (χ2n) is 6.59. The van der Waals surface area contributed by atoms with E-state index in [4.69, 9.17) is 34.2 Å². The molecule has 1 aromatic carbocycles. The fourth-order valence-electron chi connectivity index (χ4n) is 2.66. The number of rotatable bonds is 8. The summed E-state index contributed by atoms with van der Waals surface area (Å²) in [6.45, 7) is 0.268. The largest absolute Gasteiger partial charge is 0.381 e. The monoisotopic (exact) mass is 456 g/mol. The van der Waals surface area contributed by atoms with Gasteiger partial charge in [-0.25, -0.2) is 13.1 Å². The summed E-state index contributed by atoms with van der Waals surface area (Å²) in [5, 5.41) is 18.2. The zero-order chi connectivity index (χ0) is 21.2. The van der Waals surface area contributed by atoms with Crippen LogP contribution in [-0.4, -0.2) is 37.1 Å². The number of hydrogen-bond donors (Lipinski definition) is 4. The number of aromatic nitrogens is 2. The van der Waals surface area contributed by atoms with Gasteiger partial charge < -0.3 is 11.1 Å². The molecule has 3 rings (SSSR count). The van der Waals surface area contributed by atoms with Crippen molar-refractivity contribution in [2.24, 2.45) is 0 Å². The van der Waals surface area contributed by atoms with Gasteiger partial charge in [-0.2, -0.15) is 10.4 Å². The first kappa shape index (κ1) is 21.4. The Labute approximate surface area is 177 Å². The molecule has 0 aliphatic heterocycles. The highest BCUT2D eigenvalue weighted by atomic mass is 35.5. The van der Waals surface area contributed by atoms with Gasteiger partial charge in [0.1, 0.15) is 16.5 Å². The van der Waals surface area contributed by atoms with E-state index in [0.717, 1.165) is 12.8 Å². The molecule has 1 aliphatic rings. The molecule has 1 fully saturated rings. The minimum atomic E-state index is -3.84. The molecule has 29 heavy (non-hydrogen) atoms. The van der Waals surface area contributed by atoms with Gasteiger partial charge in [0.2, 0.25) is 10.0 Å². The molecule has 2 aromatic rings. The van der Waals surface area contributed by atoms with E-state index in [1.54, 1.807) is 0 Å². The fourth-order valence-corrected chi connectivity index (χ4v) is 4.82. The van der Waals surface area contributed by atoms with Crippen molar-refractivity contribution < 1.29 is 13.2 Å². The van der Waals surface area contributed by atoms with Crippen LogP contribution in [0, 0.1) is 11.3 Å². The minimum Gasteiger partial charge on any atom is -0.381 e. The van der Waals surface area contributed by atoms with Gasteiger partial charge in [-0.05, 0) is 37.8 Å². The van der Waals surface area contributed by atoms with Gasteiger partial charge in [0.05, 0.1) is 21.3 Å². The molecule has 1 aromatic heterocycles. The van der Waals surface area contributed by atoms with E-state index < -0.39 is 15.9 Å². The van der Waals surface area contributed by atoms with Crippen LogP contribution < -0.4 is 15.8 Å². The number of hydrogen-bond acceptors (Lipinski definition) is 6. The SMILES string of the molecule is N#Cc1c(N)n[nH]c1CCCNC(=O)c1cc(S(=O)(=O)NC2CC2)c(Cl)cc1Cl. The van der Waals surface area contributed by atoms with Crippen molar-refractivity contribution in [3.8, 4) is 6.07 Å². The number of aryl methyl sites for hydroxylation is 1. The lowest BCUT2D eigenvalue weighted by molar-refractivity contribution is 0.0953. The normalized spacial score (nSPS) is 13.8. The van der Waals surface area contributed by atoms with E-state index in [1.165, 1.54) is 12.1 Å². The summed E-state index contributed by atoms with van der Waals surface area (Å²) in [4.78, 5) is 12.3. The van der Waals surface area contributed by atoms with Gasteiger partial charge in [0.15, 0.2) is 5.82 Å². The number of benzene rings is 1. The number of carbonyl (C=O) groups is 1. The fraction of sp³-hybridized carbons (Fsp3) is 0.353. The molecule has 12 heteroatoms. The Morgan fingerprint density at radius 2 is 2.07 bits per heavy atom. The molecule has 1 heterocycles. The van der Waals surface area contributed by atoms with Crippen molar-refractivity contribution in [3.05, 3.63) is 39.0 Å². The number of H-pyrrole nitrogens is 1. The lowest BCUT2D eigenvalue weighted by Crippen LogP contribution is -2.28. The van der Waals surface area contributed by atoms with Crippen molar-refractivity contribution in [2.75, 3.05) is 12.3 Å². The van der Waals surface area contributed by atoms with Crippen LogP contribution in [0.3, 0.4) is 0 Å². The van der Waals surface area contributed by atoms with Gasteiger partial charge >= 0.3 is 0 Å². The van der Waals surface area contributed by atoms with Crippen LogP contribution in [0.15, 0.2) is 17.0 Å². The van der Waals surface area contributed by atoms with Crippen molar-refractivity contribution in [3.63, 3.8) is 0 Å². The number of nitrogens with one attached hydrogen (secondary N) is 3. The van der Waals surface area contributed by atoms with E-state index in [2.05, 4.69) is 20.2 Å². The van der Waals surface area contributed by atoms with Crippen LogP contribution in [0.1, 0.15) is 40.9 Å². The van der Waals surface area contributed by atoms with E-state index in [0.29, 0.717) is 18.5 Å². The summed E-state index contributed by atoms with van der Waals surface area (Å²) in [6.07, 6.45) is 2.49. The Morgan fingerprint density at radius 1 is 1.34 bits per heavy atom. The van der Waals surface area contributed by atoms with Gasteiger partial charge in [0, 0.05) is 12.6 Å². The maximum absolute atomic E-state index is 12.5. The first-order valence-electron chi connectivity index (χ1n) is 8.75. The van der Waals surface area contributed by atoms with Gasteiger partial charge in [0.25, 0.3) is 5.91 Å². The first-order valence-corrected chi connectivity index (χ1v) is 11.0. The van der Waals surface area contributed by atoms with E-state index in [1.807, 2.05) is 6.07 Å². The minimum absolute atomic E-state index is 0.00994. The Bertz CT molecular complexity index is 1090. The number of halogens is 2. The predicted molar refractivity (Wildman–Crippen MR) is 108 cm³/mol. The smallest absolute Gasteiger partial charge is 0.252 e. The van der Waals surface area contributed by atoms with Crippen molar-refractivity contribution in [2.45, 2.75) is 36.6 Å². The Hall–Kier alpha value is -2.32. The third kappa shape index (κ3) is 5.00. The topological polar surface area (TPSA) is 154 Å². The molecule has 9 nitrogen and oxygen atoms in total. The molecule has 0 saturated heterocycles. The van der Waals surface area contributed by atoms with Crippen LogP contribution in [-0.2, 0) is 16.4 Å². The quantitative estimate of drug-likeness (QED) is 0.445. The summed E-state index contributed by atoms with van der Waals surface area (Å²) in [7, 11) is -3.84. The average Bonchev–Trinajstić information content (AvgIpc) is 3.38. The second kappa shape index (κ2) is 8.59. The number of amides is 1. The van der Waals surface area contributed by atoms with Crippen LogP contribution in [0.2, 0.25) is 10.0 Å². The number of nitrogens with zero attached hydrogens (tertiary/aromatic N) is 2. The standard InChI is InChI=1S/C17H18Cl2N6O3S/c18-12-7-13(19)15(29(27,28)25-9-3-4-9)6-10(12)17(26)22-5-1-2-14-11(8-20)16(21)24-23-14/h6-7,9,25H,1-5H2,(H,22,26)(H3,21,23,24). The molecule has 1 amide bonds. The lowest BCUT2D eigenvalue weighted by atomic mass is 10.1. The number of sulfonamides is 1. The number of nitrogens with two attached hydrogens (primary N) is 1. The van der Waals surface area contributed by atoms with Gasteiger partial charge in [-0.1, -0.05) is 23.2 Å². The molecule has 154 valence electrons. The number of nitriles is 1. The number of aromatic amines is 1. The van der Waals surface area contributed by atoms with Crippen molar-refractivity contribution in [1.82, 2.24) is 20.2 Å². The van der Waals surface area contributed by atoms with Crippen LogP contribution in [0.25, 0.3) is 0 Å². The van der Waals surface area contributed by atoms with Crippen LogP contribution >= 0.6 is 23.2 Å². The van der Waals surface area contributed by atoms with Crippen LogP contribution in [0.5, 0.6) is 0 Å². The summed E-state index contributed by atoms with van der Waals surface area (Å²) >= 11 is 12.1. The highest BCUT2D eigenvalue weighted by molar-refractivity contribution is 7.89. The van der Waals surface area contributed by atoms with E-state index >= 15 is 0 Å². The van der Waals surface area contributed by atoms with Crippen LogP contribution in [0.4, 0.5) is 5.82 Å². The molecule has 0 bridgehead atoms. The first-order chi connectivity index (χ1) is 13.7.